The van der Waals surface area contributed by atoms with Crippen molar-refractivity contribution in [2.24, 2.45) is 5.73 Å². The lowest BCUT2D eigenvalue weighted by atomic mass is 10.2. The van der Waals surface area contributed by atoms with Crippen molar-refractivity contribution in [3.8, 4) is 0 Å². The van der Waals surface area contributed by atoms with E-state index in [2.05, 4.69) is 5.32 Å². The van der Waals surface area contributed by atoms with Crippen molar-refractivity contribution in [1.82, 2.24) is 0 Å². The van der Waals surface area contributed by atoms with E-state index in [-0.39, 0.29) is 12.2 Å². The van der Waals surface area contributed by atoms with Crippen LogP contribution in [-0.4, -0.2) is 31.0 Å². The Morgan fingerprint density at radius 2 is 2.12 bits per heavy atom. The number of rotatable bonds is 5. The number of nitrogens with zero attached hydrogens (tertiary/aromatic N) is 1. The van der Waals surface area contributed by atoms with E-state index >= 15 is 0 Å². The number of nitrogens with one attached hydrogen (secondary N) is 1. The Labute approximate surface area is 97.3 Å². The van der Waals surface area contributed by atoms with Gasteiger partial charge >= 0.3 is 0 Å². The van der Waals surface area contributed by atoms with Crippen LogP contribution >= 0.6 is 0 Å². The Morgan fingerprint density at radius 1 is 1.47 bits per heavy atom. The lowest BCUT2D eigenvalue weighted by molar-refractivity contribution is -0.384. The minimum absolute atomic E-state index is 0.146. The molecule has 17 heavy (non-hydrogen) atoms. The zero-order chi connectivity index (χ0) is 13.1. The fourth-order valence-electron chi connectivity index (χ4n) is 1.18. The van der Waals surface area contributed by atoms with Gasteiger partial charge in [-0.05, 0) is 12.1 Å². The van der Waals surface area contributed by atoms with Gasteiger partial charge in [-0.1, -0.05) is 0 Å². The average Bonchev–Trinajstić information content (AvgIpc) is 2.24. The quantitative estimate of drug-likeness (QED) is 0.391. The number of nitro groups is 1. The first kappa shape index (κ1) is 13.4. The molecule has 0 amide bonds. The number of hydrogen-bond acceptors (Lipinski definition) is 6. The van der Waals surface area contributed by atoms with Crippen molar-refractivity contribution < 1.29 is 17.9 Å². The number of benzene rings is 1. The monoisotopic (exact) mass is 261 g/mol. The molecule has 1 rings (SSSR count). The molecular weight excluding hydrogens is 250 g/mol. The van der Waals surface area contributed by atoms with E-state index in [9.17, 15) is 18.5 Å². The largest absolute Gasteiger partial charge is 0.378 e. The van der Waals surface area contributed by atoms with Crippen LogP contribution in [0.2, 0.25) is 0 Å². The Morgan fingerprint density at radius 3 is 2.59 bits per heavy atom. The van der Waals surface area contributed by atoms with Gasteiger partial charge in [0.15, 0.2) is 0 Å². The average molecular weight is 261 g/mol. The SMILES string of the molecule is NCCNc1ccc(S(=O)(=O)O)cc1[N+](=O)[O-]. The molecule has 8 nitrogen and oxygen atoms in total. The van der Waals surface area contributed by atoms with Gasteiger partial charge in [0.25, 0.3) is 15.8 Å². The van der Waals surface area contributed by atoms with Gasteiger partial charge in [0, 0.05) is 19.2 Å². The summed E-state index contributed by atoms with van der Waals surface area (Å²) in [7, 11) is -4.45. The first-order chi connectivity index (χ1) is 7.86. The molecule has 0 aliphatic carbocycles. The number of nitrogens with two attached hydrogens (primary N) is 1. The summed E-state index contributed by atoms with van der Waals surface area (Å²) in [6, 6.07) is 3.06. The summed E-state index contributed by atoms with van der Waals surface area (Å²) in [6.45, 7) is 0.587. The molecule has 0 fully saturated rings. The summed E-state index contributed by atoms with van der Waals surface area (Å²) >= 11 is 0. The summed E-state index contributed by atoms with van der Waals surface area (Å²) in [5, 5.41) is 13.4. The van der Waals surface area contributed by atoms with Gasteiger partial charge in [-0.15, -0.1) is 0 Å². The highest BCUT2D eigenvalue weighted by Crippen LogP contribution is 2.27. The number of nitro benzene ring substituents is 1. The van der Waals surface area contributed by atoms with Crippen LogP contribution in [-0.2, 0) is 10.1 Å². The molecule has 0 unspecified atom stereocenters. The first-order valence-electron chi connectivity index (χ1n) is 4.56. The first-order valence-corrected chi connectivity index (χ1v) is 6.00. The van der Waals surface area contributed by atoms with Gasteiger partial charge in [-0.2, -0.15) is 8.42 Å². The van der Waals surface area contributed by atoms with Crippen LogP contribution in [0, 0.1) is 10.1 Å². The van der Waals surface area contributed by atoms with Crippen LogP contribution in [0.3, 0.4) is 0 Å². The molecule has 0 bridgehead atoms. The van der Waals surface area contributed by atoms with Gasteiger partial charge in [0.1, 0.15) is 10.6 Å². The van der Waals surface area contributed by atoms with Crippen LogP contribution in [0.25, 0.3) is 0 Å². The molecule has 4 N–H and O–H groups in total. The molecule has 0 heterocycles. The van der Waals surface area contributed by atoms with Crippen molar-refractivity contribution in [1.29, 1.82) is 0 Å². The van der Waals surface area contributed by atoms with Crippen molar-refractivity contribution in [2.75, 3.05) is 18.4 Å². The lowest BCUT2D eigenvalue weighted by Gasteiger charge is -2.06. The Kier molecular flexibility index (Phi) is 3.99. The predicted octanol–water partition coefficient (Wildman–Crippen LogP) is 0.212. The van der Waals surface area contributed by atoms with Gasteiger partial charge in [-0.3, -0.25) is 14.7 Å². The molecule has 0 saturated carbocycles. The molecule has 0 saturated heterocycles. The Bertz CT molecular complexity index is 528. The molecule has 0 aliphatic rings. The Hall–Kier alpha value is -1.71. The highest BCUT2D eigenvalue weighted by atomic mass is 32.2. The topological polar surface area (TPSA) is 136 Å². The van der Waals surface area contributed by atoms with E-state index in [0.29, 0.717) is 6.54 Å². The maximum atomic E-state index is 10.8. The van der Waals surface area contributed by atoms with Crippen molar-refractivity contribution in [3.63, 3.8) is 0 Å². The molecule has 0 aliphatic heterocycles. The van der Waals surface area contributed by atoms with Gasteiger partial charge in [0.05, 0.1) is 4.92 Å². The summed E-state index contributed by atoms with van der Waals surface area (Å²) < 4.78 is 30.4. The zero-order valence-electron chi connectivity index (χ0n) is 8.66. The maximum absolute atomic E-state index is 10.8. The highest BCUT2D eigenvalue weighted by molar-refractivity contribution is 7.85. The van der Waals surface area contributed by atoms with Gasteiger partial charge in [0.2, 0.25) is 0 Å². The van der Waals surface area contributed by atoms with Crippen molar-refractivity contribution in [2.45, 2.75) is 4.90 Å². The molecule has 1 aromatic carbocycles. The van der Waals surface area contributed by atoms with Crippen LogP contribution in [0.1, 0.15) is 0 Å². The third-order valence-electron chi connectivity index (χ3n) is 1.92. The van der Waals surface area contributed by atoms with E-state index in [1.165, 1.54) is 6.07 Å². The summed E-state index contributed by atoms with van der Waals surface area (Å²) in [6.07, 6.45) is 0. The molecule has 0 radical (unpaired) electrons. The summed E-state index contributed by atoms with van der Waals surface area (Å²) in [4.78, 5) is 9.45. The highest BCUT2D eigenvalue weighted by Gasteiger charge is 2.19. The fraction of sp³-hybridized carbons (Fsp3) is 0.250. The van der Waals surface area contributed by atoms with Crippen LogP contribution in [0.15, 0.2) is 23.1 Å². The summed E-state index contributed by atoms with van der Waals surface area (Å²) in [5.74, 6) is 0. The van der Waals surface area contributed by atoms with E-state index in [0.717, 1.165) is 12.1 Å². The van der Waals surface area contributed by atoms with Crippen LogP contribution in [0.4, 0.5) is 11.4 Å². The molecule has 9 heteroatoms. The molecular formula is C8H11N3O5S. The van der Waals surface area contributed by atoms with E-state index in [4.69, 9.17) is 10.3 Å². The third kappa shape index (κ3) is 3.37. The Balaban J connectivity index is 3.22. The smallest absolute Gasteiger partial charge is 0.294 e. The van der Waals surface area contributed by atoms with E-state index < -0.39 is 25.6 Å². The zero-order valence-corrected chi connectivity index (χ0v) is 9.48. The van der Waals surface area contributed by atoms with Gasteiger partial charge in [-0.25, -0.2) is 0 Å². The van der Waals surface area contributed by atoms with Crippen molar-refractivity contribution >= 4 is 21.5 Å². The van der Waals surface area contributed by atoms with Crippen LogP contribution in [0.5, 0.6) is 0 Å². The molecule has 0 aromatic heterocycles. The fourth-order valence-corrected chi connectivity index (χ4v) is 1.68. The lowest BCUT2D eigenvalue weighted by Crippen LogP contribution is -2.14. The molecule has 0 spiro atoms. The van der Waals surface area contributed by atoms with Gasteiger partial charge < -0.3 is 11.1 Å². The maximum Gasteiger partial charge on any atom is 0.294 e. The normalized spacial score (nSPS) is 11.2. The summed E-state index contributed by atoms with van der Waals surface area (Å²) in [5.41, 5.74) is 4.94. The molecule has 94 valence electrons. The second kappa shape index (κ2) is 5.08. The third-order valence-corrected chi connectivity index (χ3v) is 2.77. The minimum Gasteiger partial charge on any atom is -0.378 e. The van der Waals surface area contributed by atoms with E-state index in [1.807, 2.05) is 0 Å². The molecule has 0 atom stereocenters. The van der Waals surface area contributed by atoms with Crippen LogP contribution < -0.4 is 11.1 Å². The number of anilines is 1. The number of hydrogen-bond donors (Lipinski definition) is 3. The predicted molar refractivity (Wildman–Crippen MR) is 60.5 cm³/mol. The van der Waals surface area contributed by atoms with E-state index in [1.54, 1.807) is 0 Å². The minimum atomic E-state index is -4.45. The second-order valence-electron chi connectivity index (χ2n) is 3.13. The second-order valence-corrected chi connectivity index (χ2v) is 4.55. The standard InChI is InChI=1S/C8H11N3O5S/c9-3-4-10-7-2-1-6(17(14,15)16)5-8(7)11(12)13/h1-2,5,10H,3-4,9H2,(H,14,15,16). The molecule has 1 aromatic rings. The van der Waals surface area contributed by atoms with Crippen molar-refractivity contribution in [3.05, 3.63) is 28.3 Å².